The first-order chi connectivity index (χ1) is 12.7. The summed E-state index contributed by atoms with van der Waals surface area (Å²) >= 11 is 3.51. The van der Waals surface area contributed by atoms with Crippen molar-refractivity contribution in [3.05, 3.63) is 82.7 Å². The highest BCUT2D eigenvalue weighted by Crippen LogP contribution is 2.29. The van der Waals surface area contributed by atoms with Crippen molar-refractivity contribution in [3.63, 3.8) is 0 Å². The third kappa shape index (κ3) is 3.23. The molecule has 2 aromatic carbocycles. The minimum atomic E-state index is 0.488. The molecule has 2 aromatic heterocycles. The highest BCUT2D eigenvalue weighted by atomic mass is 79.9. The number of hydrogen-bond donors (Lipinski definition) is 0. The predicted octanol–water partition coefficient (Wildman–Crippen LogP) is 5.16. The predicted molar refractivity (Wildman–Crippen MR) is 99.8 cm³/mol. The van der Waals surface area contributed by atoms with Gasteiger partial charge in [-0.3, -0.25) is 4.79 Å². The number of benzene rings is 2. The van der Waals surface area contributed by atoms with E-state index in [9.17, 15) is 4.79 Å². The van der Waals surface area contributed by atoms with Crippen LogP contribution >= 0.6 is 15.9 Å². The first kappa shape index (κ1) is 16.5. The average Bonchev–Trinajstić information content (AvgIpc) is 3.34. The first-order valence-electron chi connectivity index (χ1n) is 7.91. The monoisotopic (exact) mass is 408 g/mol. The van der Waals surface area contributed by atoms with E-state index in [1.165, 1.54) is 6.39 Å². The van der Waals surface area contributed by atoms with Crippen LogP contribution in [0.1, 0.15) is 21.8 Å². The van der Waals surface area contributed by atoms with Gasteiger partial charge in [-0.15, -0.1) is 0 Å². The SMILES string of the molecule is O=Cc1cc(Cc2ncc(-c3ccccc3Br)o2)ccc1-c1cnco1. The number of rotatable bonds is 5. The molecule has 0 amide bonds. The summed E-state index contributed by atoms with van der Waals surface area (Å²) in [5.74, 6) is 1.84. The zero-order valence-corrected chi connectivity index (χ0v) is 15.1. The van der Waals surface area contributed by atoms with Gasteiger partial charge in [-0.25, -0.2) is 9.97 Å². The summed E-state index contributed by atoms with van der Waals surface area (Å²) in [5, 5.41) is 0. The zero-order chi connectivity index (χ0) is 17.9. The van der Waals surface area contributed by atoms with E-state index in [2.05, 4.69) is 25.9 Å². The summed E-state index contributed by atoms with van der Waals surface area (Å²) in [7, 11) is 0. The zero-order valence-electron chi connectivity index (χ0n) is 13.6. The Balaban J connectivity index is 1.60. The Morgan fingerprint density at radius 3 is 2.69 bits per heavy atom. The molecule has 0 aliphatic heterocycles. The summed E-state index contributed by atoms with van der Waals surface area (Å²) in [6.45, 7) is 0. The van der Waals surface area contributed by atoms with Crippen molar-refractivity contribution in [2.45, 2.75) is 6.42 Å². The summed E-state index contributed by atoms with van der Waals surface area (Å²) in [5.41, 5.74) is 3.12. The molecular formula is C20H13BrN2O3. The fourth-order valence-corrected chi connectivity index (χ4v) is 3.23. The summed E-state index contributed by atoms with van der Waals surface area (Å²) < 4.78 is 12.1. The van der Waals surface area contributed by atoms with Gasteiger partial charge < -0.3 is 8.83 Å². The molecule has 2 heterocycles. The number of halogens is 1. The molecule has 4 rings (SSSR count). The molecule has 0 atom stereocenters. The van der Waals surface area contributed by atoms with Gasteiger partial charge in [0, 0.05) is 27.6 Å². The molecule has 0 N–H and O–H groups in total. The lowest BCUT2D eigenvalue weighted by atomic mass is 10.0. The second-order valence-corrected chi connectivity index (χ2v) is 6.53. The fraction of sp³-hybridized carbons (Fsp3) is 0.0500. The third-order valence-corrected chi connectivity index (χ3v) is 4.68. The van der Waals surface area contributed by atoms with Crippen LogP contribution in [0.5, 0.6) is 0 Å². The molecule has 0 aliphatic carbocycles. The lowest BCUT2D eigenvalue weighted by Crippen LogP contribution is -1.93. The largest absolute Gasteiger partial charge is 0.443 e. The van der Waals surface area contributed by atoms with Crippen LogP contribution in [0.15, 0.2) is 74.6 Å². The number of oxazole rings is 2. The van der Waals surface area contributed by atoms with E-state index in [1.807, 2.05) is 42.5 Å². The number of nitrogens with zero attached hydrogens (tertiary/aromatic N) is 2. The van der Waals surface area contributed by atoms with Crippen LogP contribution < -0.4 is 0 Å². The van der Waals surface area contributed by atoms with Gasteiger partial charge in [-0.2, -0.15) is 0 Å². The highest BCUT2D eigenvalue weighted by molar-refractivity contribution is 9.10. The van der Waals surface area contributed by atoms with Crippen LogP contribution in [0.2, 0.25) is 0 Å². The van der Waals surface area contributed by atoms with Gasteiger partial charge in [0.25, 0.3) is 0 Å². The Morgan fingerprint density at radius 1 is 1.04 bits per heavy atom. The number of hydrogen-bond acceptors (Lipinski definition) is 5. The Labute approximate surface area is 157 Å². The molecule has 0 unspecified atom stereocenters. The molecule has 26 heavy (non-hydrogen) atoms. The molecule has 128 valence electrons. The van der Waals surface area contributed by atoms with Gasteiger partial charge >= 0.3 is 0 Å². The molecule has 5 nitrogen and oxygen atoms in total. The van der Waals surface area contributed by atoms with Crippen LogP contribution in [0.4, 0.5) is 0 Å². The summed E-state index contributed by atoms with van der Waals surface area (Å²) in [6.07, 6.45) is 5.93. The van der Waals surface area contributed by atoms with Gasteiger partial charge in [0.1, 0.15) is 0 Å². The van der Waals surface area contributed by atoms with E-state index in [4.69, 9.17) is 8.83 Å². The smallest absolute Gasteiger partial charge is 0.199 e. The Morgan fingerprint density at radius 2 is 1.92 bits per heavy atom. The third-order valence-electron chi connectivity index (χ3n) is 3.99. The molecule has 0 spiro atoms. The van der Waals surface area contributed by atoms with Gasteiger partial charge in [-0.05, 0) is 17.7 Å². The number of aromatic nitrogens is 2. The van der Waals surface area contributed by atoms with Crippen LogP contribution in [0.3, 0.4) is 0 Å². The number of carbonyl (C=O) groups excluding carboxylic acids is 1. The van der Waals surface area contributed by atoms with E-state index < -0.39 is 0 Å². The van der Waals surface area contributed by atoms with Gasteiger partial charge in [-0.1, -0.05) is 46.3 Å². The average molecular weight is 409 g/mol. The quantitative estimate of drug-likeness (QED) is 0.426. The van der Waals surface area contributed by atoms with Gasteiger partial charge in [0.2, 0.25) is 0 Å². The van der Waals surface area contributed by atoms with Crippen molar-refractivity contribution >= 4 is 22.2 Å². The lowest BCUT2D eigenvalue weighted by molar-refractivity contribution is 0.112. The molecule has 6 heteroatoms. The summed E-state index contributed by atoms with van der Waals surface area (Å²) in [6, 6.07) is 13.4. The maximum absolute atomic E-state index is 11.4. The minimum absolute atomic E-state index is 0.488. The van der Waals surface area contributed by atoms with Crippen molar-refractivity contribution in [1.29, 1.82) is 0 Å². The van der Waals surface area contributed by atoms with E-state index >= 15 is 0 Å². The lowest BCUT2D eigenvalue weighted by Gasteiger charge is -2.04. The molecule has 0 bridgehead atoms. The van der Waals surface area contributed by atoms with E-state index in [0.29, 0.717) is 35.0 Å². The fourth-order valence-electron chi connectivity index (χ4n) is 2.74. The molecule has 0 fully saturated rings. The van der Waals surface area contributed by atoms with Crippen molar-refractivity contribution in [1.82, 2.24) is 9.97 Å². The molecule has 0 saturated heterocycles. The Bertz CT molecular complexity index is 1050. The van der Waals surface area contributed by atoms with Crippen LogP contribution in [0.25, 0.3) is 22.6 Å². The standard InChI is InChI=1S/C20H13BrN2O3/c21-17-4-2-1-3-16(17)19-10-23-20(26-19)8-13-5-6-15(14(7-13)11-24)18-9-22-12-25-18/h1-7,9-12H,8H2. The molecule has 0 saturated carbocycles. The summed E-state index contributed by atoms with van der Waals surface area (Å²) in [4.78, 5) is 19.7. The van der Waals surface area contributed by atoms with Crippen molar-refractivity contribution < 1.29 is 13.6 Å². The molecule has 0 aliphatic rings. The first-order valence-corrected chi connectivity index (χ1v) is 8.70. The second kappa shape index (κ2) is 7.09. The van der Waals surface area contributed by atoms with Crippen molar-refractivity contribution in [3.8, 4) is 22.6 Å². The molecule has 0 radical (unpaired) electrons. The number of carbonyl (C=O) groups is 1. The van der Waals surface area contributed by atoms with E-state index in [0.717, 1.165) is 21.9 Å². The van der Waals surface area contributed by atoms with Crippen LogP contribution in [-0.2, 0) is 6.42 Å². The van der Waals surface area contributed by atoms with Crippen molar-refractivity contribution in [2.24, 2.45) is 0 Å². The maximum Gasteiger partial charge on any atom is 0.199 e. The van der Waals surface area contributed by atoms with Gasteiger partial charge in [0.05, 0.1) is 12.4 Å². The Kier molecular flexibility index (Phi) is 4.50. The van der Waals surface area contributed by atoms with Crippen LogP contribution in [0, 0.1) is 0 Å². The van der Waals surface area contributed by atoms with E-state index in [1.54, 1.807) is 12.4 Å². The minimum Gasteiger partial charge on any atom is -0.443 e. The normalized spacial score (nSPS) is 10.8. The molecular weight excluding hydrogens is 396 g/mol. The topological polar surface area (TPSA) is 69.1 Å². The highest BCUT2D eigenvalue weighted by Gasteiger charge is 2.12. The van der Waals surface area contributed by atoms with Crippen LogP contribution in [-0.4, -0.2) is 16.3 Å². The maximum atomic E-state index is 11.4. The number of aldehydes is 1. The Hall–Kier alpha value is -2.99. The van der Waals surface area contributed by atoms with Crippen molar-refractivity contribution in [2.75, 3.05) is 0 Å². The van der Waals surface area contributed by atoms with Gasteiger partial charge in [0.15, 0.2) is 30.1 Å². The second-order valence-electron chi connectivity index (χ2n) is 5.68. The molecule has 4 aromatic rings. The van der Waals surface area contributed by atoms with E-state index in [-0.39, 0.29) is 0 Å².